The van der Waals surface area contributed by atoms with Crippen molar-refractivity contribution < 1.29 is 0 Å². The Morgan fingerprint density at radius 3 is 2.45 bits per heavy atom. The molecular weight excluding hydrogens is 361 g/mol. The van der Waals surface area contributed by atoms with Gasteiger partial charge in [0.15, 0.2) is 5.82 Å². The summed E-state index contributed by atoms with van der Waals surface area (Å²) >= 11 is 2.31. The number of aromatic nitrogens is 2. The van der Waals surface area contributed by atoms with E-state index in [1.165, 1.54) is 18.4 Å². The van der Waals surface area contributed by atoms with E-state index in [2.05, 4.69) is 64.1 Å². The van der Waals surface area contributed by atoms with E-state index < -0.39 is 0 Å². The van der Waals surface area contributed by atoms with Crippen molar-refractivity contribution in [2.45, 2.75) is 32.1 Å². The fourth-order valence-corrected chi connectivity index (χ4v) is 3.24. The molecule has 4 heteroatoms. The first kappa shape index (κ1) is 13.8. The topological polar surface area (TPSA) is 37.8 Å². The Morgan fingerprint density at radius 2 is 1.90 bits per heavy atom. The van der Waals surface area contributed by atoms with Gasteiger partial charge in [0.1, 0.15) is 5.82 Å². The van der Waals surface area contributed by atoms with Crippen LogP contribution in [0.5, 0.6) is 0 Å². The lowest BCUT2D eigenvalue weighted by Gasteiger charge is -2.10. The molecule has 1 aromatic carbocycles. The number of rotatable bonds is 4. The number of nitrogens with one attached hydrogen (secondary N) is 1. The molecule has 0 aliphatic heterocycles. The normalized spacial score (nSPS) is 14.3. The van der Waals surface area contributed by atoms with Crippen LogP contribution in [0.3, 0.4) is 0 Å². The van der Waals surface area contributed by atoms with Gasteiger partial charge in [0.25, 0.3) is 0 Å². The molecule has 1 aliphatic carbocycles. The van der Waals surface area contributed by atoms with E-state index in [1.54, 1.807) is 0 Å². The fraction of sp³-hybridized carbons (Fsp3) is 0.375. The van der Waals surface area contributed by atoms with Gasteiger partial charge in [-0.3, -0.25) is 0 Å². The molecule has 1 N–H and O–H groups in total. The second-order valence-corrected chi connectivity index (χ2v) is 6.24. The van der Waals surface area contributed by atoms with Crippen molar-refractivity contribution in [1.29, 1.82) is 0 Å². The number of aryl methyl sites for hydroxylation is 1. The van der Waals surface area contributed by atoms with Gasteiger partial charge in [0.2, 0.25) is 0 Å². The van der Waals surface area contributed by atoms with Crippen LogP contribution in [-0.2, 0) is 6.42 Å². The number of benzene rings is 1. The zero-order valence-electron chi connectivity index (χ0n) is 11.8. The van der Waals surface area contributed by atoms with Gasteiger partial charge < -0.3 is 5.32 Å². The molecule has 1 heterocycles. The van der Waals surface area contributed by atoms with Crippen LogP contribution in [0.25, 0.3) is 11.4 Å². The van der Waals surface area contributed by atoms with Crippen molar-refractivity contribution in [3.63, 3.8) is 0 Å². The molecule has 3 nitrogen and oxygen atoms in total. The molecule has 0 unspecified atom stereocenters. The summed E-state index contributed by atoms with van der Waals surface area (Å²) in [5.41, 5.74) is 3.65. The Morgan fingerprint density at radius 1 is 1.20 bits per heavy atom. The van der Waals surface area contributed by atoms with Crippen LogP contribution < -0.4 is 5.32 Å². The zero-order valence-corrected chi connectivity index (χ0v) is 13.9. The van der Waals surface area contributed by atoms with Crippen LogP contribution in [0.1, 0.15) is 36.9 Å². The molecule has 2 aromatic rings. The highest BCUT2D eigenvalue weighted by molar-refractivity contribution is 14.1. The van der Waals surface area contributed by atoms with Crippen molar-refractivity contribution in [2.24, 2.45) is 0 Å². The predicted octanol–water partition coefficient (Wildman–Crippen LogP) is 4.23. The van der Waals surface area contributed by atoms with Crippen molar-refractivity contribution in [2.75, 3.05) is 12.4 Å². The summed E-state index contributed by atoms with van der Waals surface area (Å²) in [6, 6.07) is 8.74. The number of halogens is 1. The van der Waals surface area contributed by atoms with E-state index >= 15 is 0 Å². The molecule has 20 heavy (non-hydrogen) atoms. The third-order valence-corrected chi connectivity index (χ3v) is 4.84. The van der Waals surface area contributed by atoms with Crippen LogP contribution in [-0.4, -0.2) is 17.0 Å². The average molecular weight is 379 g/mol. The monoisotopic (exact) mass is 379 g/mol. The minimum absolute atomic E-state index is 0.792. The molecule has 0 atom stereocenters. The molecule has 0 bridgehead atoms. The van der Waals surface area contributed by atoms with Crippen LogP contribution in [0.4, 0.5) is 5.82 Å². The van der Waals surface area contributed by atoms with E-state index in [0.29, 0.717) is 0 Å². The maximum atomic E-state index is 4.70. The lowest BCUT2D eigenvalue weighted by Crippen LogP contribution is -2.04. The molecule has 3 rings (SSSR count). The van der Waals surface area contributed by atoms with Crippen molar-refractivity contribution in [3.8, 4) is 11.4 Å². The van der Waals surface area contributed by atoms with Crippen LogP contribution >= 0.6 is 22.6 Å². The predicted molar refractivity (Wildman–Crippen MR) is 91.1 cm³/mol. The summed E-state index contributed by atoms with van der Waals surface area (Å²) in [6.45, 7) is 2.13. The molecule has 0 spiro atoms. The number of hydrogen-bond donors (Lipinski definition) is 1. The molecular formula is C16H18IN3. The molecule has 104 valence electrons. The molecule has 1 aromatic heterocycles. The zero-order chi connectivity index (χ0) is 14.1. The van der Waals surface area contributed by atoms with E-state index in [4.69, 9.17) is 4.98 Å². The highest BCUT2D eigenvalue weighted by atomic mass is 127. The Hall–Kier alpha value is -1.17. The molecule has 1 saturated carbocycles. The fourth-order valence-electron chi connectivity index (χ4n) is 2.34. The highest BCUT2D eigenvalue weighted by Crippen LogP contribution is 2.40. The lowest BCUT2D eigenvalue weighted by atomic mass is 10.1. The van der Waals surface area contributed by atoms with Gasteiger partial charge in [-0.2, -0.15) is 0 Å². The Labute approximate surface area is 133 Å². The van der Waals surface area contributed by atoms with Gasteiger partial charge in [-0.25, -0.2) is 9.97 Å². The summed E-state index contributed by atoms with van der Waals surface area (Å²) in [5, 5.41) is 3.16. The van der Waals surface area contributed by atoms with Crippen molar-refractivity contribution >= 4 is 28.4 Å². The maximum Gasteiger partial charge on any atom is 0.161 e. The van der Waals surface area contributed by atoms with E-state index in [1.807, 2.05) is 7.05 Å². The third-order valence-electron chi connectivity index (χ3n) is 3.71. The summed E-state index contributed by atoms with van der Waals surface area (Å²) in [4.78, 5) is 9.33. The Balaban J connectivity index is 1.99. The quantitative estimate of drug-likeness (QED) is 0.808. The van der Waals surface area contributed by atoms with Crippen LogP contribution in [0.2, 0.25) is 0 Å². The van der Waals surface area contributed by atoms with Gasteiger partial charge in [-0.05, 0) is 53.3 Å². The third kappa shape index (κ3) is 2.66. The standard InChI is InChI=1S/C16H18IN3/c1-3-13-14(17)16(18-2)20-15(19-13)12-8-6-11(7-9-12)10-4-5-10/h6-10H,3-5H2,1-2H3,(H,18,19,20). The summed E-state index contributed by atoms with van der Waals surface area (Å²) in [6.07, 6.45) is 3.59. The largest absolute Gasteiger partial charge is 0.372 e. The smallest absolute Gasteiger partial charge is 0.161 e. The van der Waals surface area contributed by atoms with Gasteiger partial charge in [-0.1, -0.05) is 31.2 Å². The van der Waals surface area contributed by atoms with Gasteiger partial charge in [0, 0.05) is 12.6 Å². The summed E-state index contributed by atoms with van der Waals surface area (Å²) in [7, 11) is 1.91. The Bertz CT molecular complexity index is 593. The molecule has 0 amide bonds. The number of nitrogens with zero attached hydrogens (tertiary/aromatic N) is 2. The number of hydrogen-bond acceptors (Lipinski definition) is 3. The van der Waals surface area contributed by atoms with Crippen molar-refractivity contribution in [3.05, 3.63) is 39.1 Å². The minimum atomic E-state index is 0.792. The Kier molecular flexibility index (Phi) is 3.92. The first-order valence-electron chi connectivity index (χ1n) is 7.07. The van der Waals surface area contributed by atoms with Gasteiger partial charge in [0.05, 0.1) is 9.26 Å². The summed E-state index contributed by atoms with van der Waals surface area (Å²) < 4.78 is 1.12. The number of anilines is 1. The SMILES string of the molecule is CCc1nc(-c2ccc(C3CC3)cc2)nc(NC)c1I. The molecule has 0 radical (unpaired) electrons. The first-order chi connectivity index (χ1) is 9.72. The maximum absolute atomic E-state index is 4.70. The average Bonchev–Trinajstić information content (AvgIpc) is 3.32. The highest BCUT2D eigenvalue weighted by Gasteiger charge is 2.23. The van der Waals surface area contributed by atoms with E-state index in [0.717, 1.165) is 38.8 Å². The second-order valence-electron chi connectivity index (χ2n) is 5.16. The lowest BCUT2D eigenvalue weighted by molar-refractivity contribution is 0.989. The van der Waals surface area contributed by atoms with E-state index in [9.17, 15) is 0 Å². The van der Waals surface area contributed by atoms with Gasteiger partial charge in [-0.15, -0.1) is 0 Å². The van der Waals surface area contributed by atoms with Crippen LogP contribution in [0.15, 0.2) is 24.3 Å². The molecule has 1 fully saturated rings. The second kappa shape index (κ2) is 5.68. The van der Waals surface area contributed by atoms with E-state index in [-0.39, 0.29) is 0 Å². The summed E-state index contributed by atoms with van der Waals surface area (Å²) in [5.74, 6) is 2.52. The molecule has 1 aliphatic rings. The minimum Gasteiger partial charge on any atom is -0.372 e. The van der Waals surface area contributed by atoms with Crippen molar-refractivity contribution in [1.82, 2.24) is 9.97 Å². The van der Waals surface area contributed by atoms with Crippen LogP contribution in [0, 0.1) is 3.57 Å². The first-order valence-corrected chi connectivity index (χ1v) is 8.15. The molecule has 0 saturated heterocycles. The van der Waals surface area contributed by atoms with Gasteiger partial charge >= 0.3 is 0 Å².